The molecule has 1 aromatic carbocycles. The molecular weight excluding hydrogens is 293 g/mol. The quantitative estimate of drug-likeness (QED) is 0.707. The average molecular weight is 304 g/mol. The molecule has 3 aromatic rings. The van der Waals surface area contributed by atoms with Gasteiger partial charge in [0.25, 0.3) is 0 Å². The van der Waals surface area contributed by atoms with Crippen LogP contribution in [0, 0.1) is 0 Å². The van der Waals surface area contributed by atoms with Crippen molar-refractivity contribution in [2.75, 3.05) is 7.11 Å². The van der Waals surface area contributed by atoms with Gasteiger partial charge in [-0.05, 0) is 30.3 Å². The normalized spacial score (nSPS) is 11.6. The van der Waals surface area contributed by atoms with Gasteiger partial charge in [-0.1, -0.05) is 6.07 Å². The molecule has 0 spiro atoms. The van der Waals surface area contributed by atoms with Gasteiger partial charge in [-0.3, -0.25) is 9.97 Å². The predicted octanol–water partition coefficient (Wildman–Crippen LogP) is 4.32. The van der Waals surface area contributed by atoms with E-state index >= 15 is 0 Å². The highest BCUT2D eigenvalue weighted by Gasteiger charge is 2.34. The Morgan fingerprint density at radius 2 is 1.82 bits per heavy atom. The first-order chi connectivity index (χ1) is 10.5. The number of methoxy groups -OCH3 is 1. The highest BCUT2D eigenvalue weighted by atomic mass is 19.4. The van der Waals surface area contributed by atoms with Gasteiger partial charge in [-0.15, -0.1) is 0 Å². The number of aromatic nitrogens is 2. The predicted molar refractivity (Wildman–Crippen MR) is 76.5 cm³/mol. The van der Waals surface area contributed by atoms with Crippen LogP contribution < -0.4 is 4.74 Å². The Balaban J connectivity index is 2.20. The molecule has 0 unspecified atom stereocenters. The SMILES string of the molecule is COc1ccnc2cc(-c3ncccc3C(F)(F)F)ccc12. The van der Waals surface area contributed by atoms with E-state index < -0.39 is 11.7 Å². The van der Waals surface area contributed by atoms with E-state index in [9.17, 15) is 13.2 Å². The molecule has 0 amide bonds. The van der Waals surface area contributed by atoms with Gasteiger partial charge in [0.05, 0.1) is 23.9 Å². The summed E-state index contributed by atoms with van der Waals surface area (Å²) in [6.45, 7) is 0. The smallest absolute Gasteiger partial charge is 0.418 e. The molecule has 6 heteroatoms. The van der Waals surface area contributed by atoms with Gasteiger partial charge in [-0.25, -0.2) is 0 Å². The van der Waals surface area contributed by atoms with Crippen LogP contribution in [-0.4, -0.2) is 17.1 Å². The topological polar surface area (TPSA) is 35.0 Å². The van der Waals surface area contributed by atoms with Crippen LogP contribution in [0.3, 0.4) is 0 Å². The lowest BCUT2D eigenvalue weighted by Gasteiger charge is -2.12. The van der Waals surface area contributed by atoms with Crippen LogP contribution in [0.1, 0.15) is 5.56 Å². The maximum Gasteiger partial charge on any atom is 0.418 e. The summed E-state index contributed by atoms with van der Waals surface area (Å²) in [7, 11) is 1.53. The first-order valence-corrected chi connectivity index (χ1v) is 6.46. The summed E-state index contributed by atoms with van der Waals surface area (Å²) in [5.74, 6) is 0.619. The number of rotatable bonds is 2. The summed E-state index contributed by atoms with van der Waals surface area (Å²) in [4.78, 5) is 8.06. The number of pyridine rings is 2. The van der Waals surface area contributed by atoms with Crippen molar-refractivity contribution in [3.63, 3.8) is 0 Å². The van der Waals surface area contributed by atoms with Crippen LogP contribution in [-0.2, 0) is 6.18 Å². The fourth-order valence-electron chi connectivity index (χ4n) is 2.31. The third-order valence-corrected chi connectivity index (χ3v) is 3.31. The van der Waals surface area contributed by atoms with Gasteiger partial charge in [-0.2, -0.15) is 13.2 Å². The lowest BCUT2D eigenvalue weighted by Crippen LogP contribution is -2.08. The number of fused-ring (bicyclic) bond motifs is 1. The van der Waals surface area contributed by atoms with Gasteiger partial charge in [0.2, 0.25) is 0 Å². The number of halogens is 3. The molecule has 22 heavy (non-hydrogen) atoms. The third-order valence-electron chi connectivity index (χ3n) is 3.31. The minimum Gasteiger partial charge on any atom is -0.496 e. The fraction of sp³-hybridized carbons (Fsp3) is 0.125. The molecule has 2 heterocycles. The summed E-state index contributed by atoms with van der Waals surface area (Å²) in [5, 5.41) is 0.734. The summed E-state index contributed by atoms with van der Waals surface area (Å²) in [6.07, 6.45) is -1.57. The molecule has 3 rings (SSSR count). The van der Waals surface area contributed by atoms with Crippen molar-refractivity contribution in [1.29, 1.82) is 0 Å². The van der Waals surface area contributed by atoms with E-state index in [2.05, 4.69) is 9.97 Å². The van der Waals surface area contributed by atoms with Crippen molar-refractivity contribution >= 4 is 10.9 Å². The zero-order chi connectivity index (χ0) is 15.7. The van der Waals surface area contributed by atoms with Crippen molar-refractivity contribution in [2.24, 2.45) is 0 Å². The van der Waals surface area contributed by atoms with Crippen LogP contribution in [0.5, 0.6) is 5.75 Å². The van der Waals surface area contributed by atoms with E-state index in [-0.39, 0.29) is 5.69 Å². The second kappa shape index (κ2) is 5.29. The van der Waals surface area contributed by atoms with Crippen molar-refractivity contribution in [2.45, 2.75) is 6.18 Å². The second-order valence-electron chi connectivity index (χ2n) is 4.64. The van der Waals surface area contributed by atoms with Crippen molar-refractivity contribution in [3.8, 4) is 17.0 Å². The molecular formula is C16H11F3N2O. The lowest BCUT2D eigenvalue weighted by atomic mass is 10.0. The monoisotopic (exact) mass is 304 g/mol. The van der Waals surface area contributed by atoms with E-state index in [0.717, 1.165) is 11.5 Å². The molecule has 0 radical (unpaired) electrons. The van der Waals surface area contributed by atoms with E-state index in [4.69, 9.17) is 4.74 Å². The lowest BCUT2D eigenvalue weighted by molar-refractivity contribution is -0.137. The molecule has 0 saturated heterocycles. The Kier molecular flexibility index (Phi) is 3.44. The fourth-order valence-corrected chi connectivity index (χ4v) is 2.31. The zero-order valence-corrected chi connectivity index (χ0v) is 11.6. The van der Waals surface area contributed by atoms with Crippen LogP contribution in [0.4, 0.5) is 13.2 Å². The maximum absolute atomic E-state index is 13.1. The molecule has 0 saturated carbocycles. The summed E-state index contributed by atoms with van der Waals surface area (Å²) < 4.78 is 44.5. The van der Waals surface area contributed by atoms with E-state index in [0.29, 0.717) is 16.8 Å². The first kappa shape index (κ1) is 14.3. The van der Waals surface area contributed by atoms with Gasteiger partial charge in [0.15, 0.2) is 0 Å². The van der Waals surface area contributed by atoms with Crippen molar-refractivity contribution < 1.29 is 17.9 Å². The summed E-state index contributed by atoms with van der Waals surface area (Å²) in [6, 6.07) is 8.84. The van der Waals surface area contributed by atoms with Crippen LogP contribution in [0.25, 0.3) is 22.2 Å². The minimum absolute atomic E-state index is 0.110. The molecule has 0 fully saturated rings. The van der Waals surface area contributed by atoms with Crippen LogP contribution in [0.15, 0.2) is 48.8 Å². The Labute approximate surface area is 124 Å². The molecule has 0 aliphatic carbocycles. The molecule has 2 aromatic heterocycles. The van der Waals surface area contributed by atoms with Gasteiger partial charge < -0.3 is 4.74 Å². The third kappa shape index (κ3) is 2.47. The second-order valence-corrected chi connectivity index (χ2v) is 4.64. The number of alkyl halides is 3. The molecule has 0 bridgehead atoms. The van der Waals surface area contributed by atoms with Crippen LogP contribution in [0.2, 0.25) is 0 Å². The standard InChI is InChI=1S/C16H11F3N2O/c1-22-14-6-8-20-13-9-10(4-5-11(13)14)15-12(16(17,18)19)3-2-7-21-15/h2-9H,1H3. The average Bonchev–Trinajstić information content (AvgIpc) is 2.53. The summed E-state index contributed by atoms with van der Waals surface area (Å²) in [5.41, 5.74) is 0.0376. The number of hydrogen-bond acceptors (Lipinski definition) is 3. The van der Waals surface area contributed by atoms with Crippen molar-refractivity contribution in [1.82, 2.24) is 9.97 Å². The molecule has 112 valence electrons. The Bertz CT molecular complexity index is 831. The molecule has 0 N–H and O–H groups in total. The van der Waals surface area contributed by atoms with Gasteiger partial charge in [0, 0.05) is 23.3 Å². The molecule has 3 nitrogen and oxygen atoms in total. The van der Waals surface area contributed by atoms with E-state index in [1.54, 1.807) is 30.5 Å². The van der Waals surface area contributed by atoms with Gasteiger partial charge >= 0.3 is 6.18 Å². The van der Waals surface area contributed by atoms with Gasteiger partial charge in [0.1, 0.15) is 5.75 Å². The number of benzene rings is 1. The van der Waals surface area contributed by atoms with E-state index in [1.807, 2.05) is 0 Å². The molecule has 0 atom stereocenters. The Morgan fingerprint density at radius 3 is 2.55 bits per heavy atom. The molecule has 0 aliphatic rings. The van der Waals surface area contributed by atoms with Crippen molar-refractivity contribution in [3.05, 3.63) is 54.4 Å². The zero-order valence-electron chi connectivity index (χ0n) is 11.6. The highest BCUT2D eigenvalue weighted by Crippen LogP contribution is 2.36. The van der Waals surface area contributed by atoms with E-state index in [1.165, 1.54) is 19.4 Å². The number of hydrogen-bond donors (Lipinski definition) is 0. The Morgan fingerprint density at radius 1 is 1.00 bits per heavy atom. The first-order valence-electron chi connectivity index (χ1n) is 6.46. The highest BCUT2D eigenvalue weighted by molar-refractivity contribution is 5.88. The summed E-state index contributed by atoms with van der Waals surface area (Å²) >= 11 is 0. The minimum atomic E-state index is -4.46. The number of nitrogens with zero attached hydrogens (tertiary/aromatic N) is 2. The largest absolute Gasteiger partial charge is 0.496 e. The van der Waals surface area contributed by atoms with Crippen LogP contribution >= 0.6 is 0 Å². The molecule has 0 aliphatic heterocycles. The Hall–Kier alpha value is -2.63. The maximum atomic E-state index is 13.1. The number of ether oxygens (including phenoxy) is 1.